The van der Waals surface area contributed by atoms with E-state index in [9.17, 15) is 4.79 Å². The van der Waals surface area contributed by atoms with E-state index < -0.39 is 5.91 Å². The number of aliphatic imine (C=N–C) groups is 1. The van der Waals surface area contributed by atoms with E-state index in [1.54, 1.807) is 30.3 Å². The summed E-state index contributed by atoms with van der Waals surface area (Å²) >= 11 is 7.39. The highest BCUT2D eigenvalue weighted by Crippen LogP contribution is 2.40. The van der Waals surface area contributed by atoms with Crippen LogP contribution >= 0.6 is 23.4 Å². The van der Waals surface area contributed by atoms with Crippen molar-refractivity contribution in [2.75, 3.05) is 27.4 Å². The van der Waals surface area contributed by atoms with Crippen LogP contribution in [-0.4, -0.2) is 54.4 Å². The van der Waals surface area contributed by atoms with Gasteiger partial charge in [-0.3, -0.25) is 10.2 Å². The zero-order valence-corrected chi connectivity index (χ0v) is 23.5. The first-order chi connectivity index (χ1) is 19.4. The monoisotopic (exact) mass is 576 g/mol. The number of hydrazone groups is 1. The number of fused-ring (bicyclic) bond motifs is 1. The molecule has 0 radical (unpaired) electrons. The third-order valence-corrected chi connectivity index (χ3v) is 7.21. The first kappa shape index (κ1) is 27.3. The van der Waals surface area contributed by atoms with Gasteiger partial charge in [-0.1, -0.05) is 47.5 Å². The Balaban J connectivity index is 1.36. The number of nitrogens with one attached hydrogen (secondary N) is 1. The van der Waals surface area contributed by atoms with E-state index in [2.05, 4.69) is 10.1 Å². The highest BCUT2D eigenvalue weighted by atomic mass is 35.5. The average Bonchev–Trinajstić information content (AvgIpc) is 3.38. The van der Waals surface area contributed by atoms with Gasteiger partial charge in [-0.15, -0.1) is 0 Å². The van der Waals surface area contributed by atoms with Gasteiger partial charge in [-0.25, -0.2) is 0 Å². The lowest BCUT2D eigenvalue weighted by molar-refractivity contribution is -0.114. The molecule has 2 aliphatic rings. The Morgan fingerprint density at radius 1 is 0.975 bits per heavy atom. The van der Waals surface area contributed by atoms with Crippen LogP contribution in [0.1, 0.15) is 16.7 Å². The number of amides is 1. The molecule has 5 rings (SSSR count). The molecule has 0 saturated carbocycles. The van der Waals surface area contributed by atoms with Gasteiger partial charge in [-0.2, -0.15) is 15.1 Å². The number of halogens is 1. The average molecular weight is 577 g/mol. The van der Waals surface area contributed by atoms with Crippen LogP contribution in [-0.2, 0) is 4.79 Å². The third-order valence-electron chi connectivity index (χ3n) is 5.94. The second-order valence-corrected chi connectivity index (χ2v) is 10.0. The largest absolute Gasteiger partial charge is 0.493 e. The number of carbonyl (C=O) groups is 1. The maximum atomic E-state index is 12.9. The van der Waals surface area contributed by atoms with Crippen molar-refractivity contribution in [1.82, 2.24) is 5.01 Å². The Labute approximate surface area is 240 Å². The molecule has 1 N–H and O–H groups in total. The second kappa shape index (κ2) is 11.8. The van der Waals surface area contributed by atoms with Crippen molar-refractivity contribution in [3.63, 3.8) is 0 Å². The number of carbonyl (C=O) groups excluding carboxylic acids is 1. The van der Waals surface area contributed by atoms with Gasteiger partial charge in [-0.05, 0) is 60.7 Å². The molecule has 0 unspecified atom stereocenters. The number of ether oxygens (including phenoxy) is 4. The van der Waals surface area contributed by atoms with Crippen LogP contribution in [0.2, 0.25) is 5.02 Å². The number of methoxy groups -OCH3 is 2. The molecule has 0 fully saturated rings. The molecule has 2 aliphatic heterocycles. The Morgan fingerprint density at radius 3 is 2.40 bits per heavy atom. The van der Waals surface area contributed by atoms with Gasteiger partial charge in [0.05, 0.1) is 24.8 Å². The molecule has 11 heteroatoms. The zero-order chi connectivity index (χ0) is 28.2. The molecule has 3 aromatic carbocycles. The lowest BCUT2D eigenvalue weighted by atomic mass is 10.1. The van der Waals surface area contributed by atoms with E-state index in [1.807, 2.05) is 43.3 Å². The van der Waals surface area contributed by atoms with E-state index in [4.69, 9.17) is 36.0 Å². The van der Waals surface area contributed by atoms with Crippen LogP contribution in [0.25, 0.3) is 6.08 Å². The Morgan fingerprint density at radius 2 is 1.70 bits per heavy atom. The van der Waals surface area contributed by atoms with Gasteiger partial charge < -0.3 is 18.9 Å². The maximum Gasteiger partial charge on any atom is 0.283 e. The van der Waals surface area contributed by atoms with Gasteiger partial charge in [0.1, 0.15) is 24.0 Å². The van der Waals surface area contributed by atoms with Crippen molar-refractivity contribution in [3.8, 4) is 23.0 Å². The van der Waals surface area contributed by atoms with Crippen molar-refractivity contribution in [1.29, 1.82) is 5.41 Å². The molecule has 0 spiro atoms. The van der Waals surface area contributed by atoms with E-state index >= 15 is 0 Å². The topological polar surface area (TPSA) is 106 Å². The highest BCUT2D eigenvalue weighted by molar-refractivity contribution is 8.27. The minimum atomic E-state index is -0.528. The molecule has 0 aromatic heterocycles. The van der Waals surface area contributed by atoms with Crippen LogP contribution in [0.3, 0.4) is 0 Å². The predicted molar refractivity (Wildman–Crippen MR) is 157 cm³/mol. The van der Waals surface area contributed by atoms with Crippen LogP contribution in [0.15, 0.2) is 76.3 Å². The second-order valence-electron chi connectivity index (χ2n) is 8.68. The summed E-state index contributed by atoms with van der Waals surface area (Å²) in [5, 5.41) is 16.2. The zero-order valence-electron chi connectivity index (χ0n) is 21.9. The molecule has 0 bridgehead atoms. The van der Waals surface area contributed by atoms with E-state index in [-0.39, 0.29) is 24.6 Å². The summed E-state index contributed by atoms with van der Waals surface area (Å²) in [6.45, 7) is 2.44. The van der Waals surface area contributed by atoms with Crippen LogP contribution in [0.4, 0.5) is 0 Å². The van der Waals surface area contributed by atoms with Crippen molar-refractivity contribution in [2.24, 2.45) is 10.1 Å². The fourth-order valence-corrected chi connectivity index (χ4v) is 5.11. The molecule has 3 aromatic rings. The molecule has 1 amide bonds. The molecule has 40 heavy (non-hydrogen) atoms. The van der Waals surface area contributed by atoms with Crippen molar-refractivity contribution >= 4 is 51.4 Å². The van der Waals surface area contributed by atoms with Crippen molar-refractivity contribution < 1.29 is 23.7 Å². The number of thioether (sulfide) groups is 1. The number of hydrogen-bond acceptors (Lipinski definition) is 8. The van der Waals surface area contributed by atoms with E-state index in [0.29, 0.717) is 43.8 Å². The molecule has 2 heterocycles. The number of benzene rings is 3. The van der Waals surface area contributed by atoms with Crippen LogP contribution in [0, 0.1) is 12.3 Å². The Bertz CT molecular complexity index is 1560. The van der Waals surface area contributed by atoms with Gasteiger partial charge in [0, 0.05) is 5.56 Å². The van der Waals surface area contributed by atoms with Gasteiger partial charge in [0.2, 0.25) is 10.9 Å². The number of aryl methyl sites for hydroxylation is 1. The van der Waals surface area contributed by atoms with Crippen LogP contribution < -0.4 is 18.9 Å². The summed E-state index contributed by atoms with van der Waals surface area (Å²) in [5.41, 5.74) is 2.64. The smallest absolute Gasteiger partial charge is 0.283 e. The predicted octanol–water partition coefficient (Wildman–Crippen LogP) is 5.79. The summed E-state index contributed by atoms with van der Waals surface area (Å²) in [6.07, 6.45) is 1.56. The Kier molecular flexibility index (Phi) is 8.09. The fourth-order valence-electron chi connectivity index (χ4n) is 4.04. The molecule has 9 nitrogen and oxygen atoms in total. The lowest BCUT2D eigenvalue weighted by Gasteiger charge is -2.20. The Hall–Kier alpha value is -4.28. The first-order valence-corrected chi connectivity index (χ1v) is 13.4. The number of nitrogens with zero attached hydrogens (tertiary/aromatic N) is 3. The SMILES string of the molecule is COc1cc(/C=C2\C(=N)N3N=C(c4cccc(C)c4)SC3=NC2=O)cc(OC)c1OCCOc1ccccc1Cl. The summed E-state index contributed by atoms with van der Waals surface area (Å²) < 4.78 is 22.7. The third kappa shape index (κ3) is 5.68. The van der Waals surface area contributed by atoms with Crippen molar-refractivity contribution in [2.45, 2.75) is 6.92 Å². The summed E-state index contributed by atoms with van der Waals surface area (Å²) in [5.74, 6) is 1.12. The first-order valence-electron chi connectivity index (χ1n) is 12.2. The van der Waals surface area contributed by atoms with E-state index in [1.165, 1.54) is 31.0 Å². The number of para-hydroxylation sites is 1. The van der Waals surface area contributed by atoms with E-state index in [0.717, 1.165) is 11.1 Å². The van der Waals surface area contributed by atoms with Gasteiger partial charge in [0.25, 0.3) is 5.91 Å². The molecule has 0 atom stereocenters. The number of hydrogen-bond donors (Lipinski definition) is 1. The molecule has 0 aliphatic carbocycles. The number of amidine groups is 2. The number of rotatable bonds is 9. The minimum Gasteiger partial charge on any atom is -0.493 e. The highest BCUT2D eigenvalue weighted by Gasteiger charge is 2.36. The molecular formula is C29H25ClN4O5S. The summed E-state index contributed by atoms with van der Waals surface area (Å²) in [7, 11) is 3.01. The summed E-state index contributed by atoms with van der Waals surface area (Å²) in [6, 6.07) is 18.4. The van der Waals surface area contributed by atoms with Crippen molar-refractivity contribution in [3.05, 3.63) is 87.9 Å². The molecule has 0 saturated heterocycles. The molecular weight excluding hydrogens is 552 g/mol. The maximum absolute atomic E-state index is 12.9. The van der Waals surface area contributed by atoms with Gasteiger partial charge >= 0.3 is 0 Å². The fraction of sp³-hybridized carbons (Fsp3) is 0.172. The quantitative estimate of drug-likeness (QED) is 0.254. The van der Waals surface area contributed by atoms with Crippen LogP contribution in [0.5, 0.6) is 23.0 Å². The normalized spacial score (nSPS) is 15.5. The minimum absolute atomic E-state index is 0.0693. The lowest BCUT2D eigenvalue weighted by Crippen LogP contribution is -2.35. The molecule has 204 valence electrons. The summed E-state index contributed by atoms with van der Waals surface area (Å²) in [4.78, 5) is 17.1. The standard InChI is InChI=1S/C29H25ClN4O5S/c1-17-7-6-8-19(13-17)28-33-34-26(31)20(27(35)32-29(34)40-28)14-18-15-23(36-2)25(24(16-18)37-3)39-12-11-38-22-10-5-4-9-21(22)30/h4-10,13-16,31H,11-12H2,1-3H3/b20-14+,31-26?. The van der Waals surface area contributed by atoms with Gasteiger partial charge in [0.15, 0.2) is 17.3 Å².